The highest BCUT2D eigenvalue weighted by molar-refractivity contribution is 6.08. The van der Waals surface area contributed by atoms with Gasteiger partial charge in [0.05, 0.1) is 7.11 Å². The summed E-state index contributed by atoms with van der Waals surface area (Å²) in [6.07, 6.45) is 0.843. The molecule has 0 aromatic heterocycles. The monoisotopic (exact) mass is 397 g/mol. The van der Waals surface area contributed by atoms with E-state index in [-0.39, 0.29) is 6.61 Å². The molecule has 0 radical (unpaired) electrons. The van der Waals surface area contributed by atoms with Gasteiger partial charge in [0.1, 0.15) is 17.0 Å². The third-order valence-electron chi connectivity index (χ3n) is 4.77. The maximum absolute atomic E-state index is 12.8. The molecule has 2 aromatic rings. The van der Waals surface area contributed by atoms with Crippen molar-refractivity contribution < 1.29 is 23.9 Å². The number of nitrogens with zero attached hydrogens (tertiary/aromatic N) is 1. The van der Waals surface area contributed by atoms with E-state index in [2.05, 4.69) is 10.7 Å². The highest BCUT2D eigenvalue weighted by Gasteiger charge is 2.50. The van der Waals surface area contributed by atoms with Crippen molar-refractivity contribution in [2.24, 2.45) is 0 Å². The van der Waals surface area contributed by atoms with Crippen LogP contribution in [0, 0.1) is 0 Å². The fourth-order valence-corrected chi connectivity index (χ4v) is 3.02. The number of rotatable bonds is 7. The zero-order valence-corrected chi connectivity index (χ0v) is 16.5. The molecule has 2 aromatic carbocycles. The van der Waals surface area contributed by atoms with Crippen molar-refractivity contribution in [3.63, 3.8) is 0 Å². The molecule has 0 saturated carbocycles. The molecule has 1 atom stereocenters. The molecule has 0 aliphatic carbocycles. The van der Waals surface area contributed by atoms with Crippen LogP contribution in [0.25, 0.3) is 0 Å². The van der Waals surface area contributed by atoms with Crippen molar-refractivity contribution in [1.29, 1.82) is 0 Å². The van der Waals surface area contributed by atoms with Gasteiger partial charge in [-0.2, -0.15) is 5.01 Å². The number of hydrogen-bond donors (Lipinski definition) is 2. The van der Waals surface area contributed by atoms with Crippen molar-refractivity contribution in [2.45, 2.75) is 25.8 Å². The van der Waals surface area contributed by atoms with Gasteiger partial charge < -0.3 is 14.8 Å². The molecule has 8 nitrogen and oxygen atoms in total. The zero-order valence-electron chi connectivity index (χ0n) is 16.5. The summed E-state index contributed by atoms with van der Waals surface area (Å²) in [6, 6.07) is 13.4. The molecule has 8 heteroatoms. The number of carbonyl (C=O) groups excluding carboxylic acids is 3. The highest BCUT2D eigenvalue weighted by Crippen LogP contribution is 2.29. The molecule has 1 saturated heterocycles. The molecule has 0 bridgehead atoms. The van der Waals surface area contributed by atoms with Crippen LogP contribution in [0.2, 0.25) is 0 Å². The molecule has 1 aliphatic heterocycles. The predicted octanol–water partition coefficient (Wildman–Crippen LogP) is 2.13. The van der Waals surface area contributed by atoms with E-state index in [1.54, 1.807) is 37.3 Å². The Morgan fingerprint density at radius 1 is 1.14 bits per heavy atom. The number of hydrazine groups is 1. The predicted molar refractivity (Wildman–Crippen MR) is 105 cm³/mol. The van der Waals surface area contributed by atoms with E-state index in [0.717, 1.165) is 12.0 Å². The van der Waals surface area contributed by atoms with Crippen LogP contribution in [0.4, 0.5) is 4.79 Å². The van der Waals surface area contributed by atoms with Crippen LogP contribution in [0.15, 0.2) is 48.5 Å². The molecule has 4 amide bonds. The molecular weight excluding hydrogens is 374 g/mol. The maximum atomic E-state index is 12.8. The van der Waals surface area contributed by atoms with Gasteiger partial charge in [-0.25, -0.2) is 4.79 Å². The van der Waals surface area contributed by atoms with E-state index < -0.39 is 23.4 Å². The van der Waals surface area contributed by atoms with Gasteiger partial charge in [-0.15, -0.1) is 0 Å². The zero-order chi connectivity index (χ0) is 21.0. The van der Waals surface area contributed by atoms with E-state index in [1.807, 2.05) is 25.1 Å². The first-order chi connectivity index (χ1) is 13.9. The summed E-state index contributed by atoms with van der Waals surface area (Å²) >= 11 is 0. The van der Waals surface area contributed by atoms with Gasteiger partial charge in [0.15, 0.2) is 6.61 Å². The number of aryl methyl sites for hydroxylation is 1. The second-order valence-corrected chi connectivity index (χ2v) is 6.75. The maximum Gasteiger partial charge on any atom is 0.344 e. The van der Waals surface area contributed by atoms with Gasteiger partial charge in [0.2, 0.25) is 0 Å². The first kappa shape index (κ1) is 20.2. The third kappa shape index (κ3) is 4.16. The Bertz CT molecular complexity index is 928. The first-order valence-electron chi connectivity index (χ1n) is 9.20. The highest BCUT2D eigenvalue weighted by atomic mass is 16.5. The van der Waals surface area contributed by atoms with E-state index in [4.69, 9.17) is 9.47 Å². The normalized spacial score (nSPS) is 18.4. The molecule has 29 heavy (non-hydrogen) atoms. The number of nitrogens with one attached hydrogen (secondary N) is 2. The van der Waals surface area contributed by atoms with Crippen LogP contribution in [0.5, 0.6) is 11.5 Å². The van der Waals surface area contributed by atoms with Crippen molar-refractivity contribution in [2.75, 3.05) is 13.7 Å². The lowest BCUT2D eigenvalue weighted by Gasteiger charge is -2.22. The molecule has 1 aliphatic rings. The molecular formula is C21H23N3O5. The van der Waals surface area contributed by atoms with Crippen LogP contribution in [-0.2, 0) is 21.5 Å². The average Bonchev–Trinajstić information content (AvgIpc) is 2.96. The Kier molecular flexibility index (Phi) is 5.72. The van der Waals surface area contributed by atoms with Crippen molar-refractivity contribution in [3.05, 3.63) is 59.7 Å². The lowest BCUT2D eigenvalue weighted by Crippen LogP contribution is -2.49. The van der Waals surface area contributed by atoms with Gasteiger partial charge in [0.25, 0.3) is 11.8 Å². The van der Waals surface area contributed by atoms with E-state index in [9.17, 15) is 14.4 Å². The summed E-state index contributed by atoms with van der Waals surface area (Å²) in [5, 5.41) is 3.30. The fourth-order valence-electron chi connectivity index (χ4n) is 3.02. The van der Waals surface area contributed by atoms with E-state index in [0.29, 0.717) is 22.1 Å². The van der Waals surface area contributed by atoms with Gasteiger partial charge in [0, 0.05) is 0 Å². The topological polar surface area (TPSA) is 97.0 Å². The minimum Gasteiger partial charge on any atom is -0.497 e. The number of methoxy groups -OCH3 is 1. The lowest BCUT2D eigenvalue weighted by molar-refractivity contribution is -0.139. The van der Waals surface area contributed by atoms with Crippen molar-refractivity contribution in [3.8, 4) is 11.5 Å². The minimum absolute atomic E-state index is 0.330. The number of urea groups is 1. The van der Waals surface area contributed by atoms with Gasteiger partial charge >= 0.3 is 6.03 Å². The van der Waals surface area contributed by atoms with Crippen molar-refractivity contribution >= 4 is 17.8 Å². The molecule has 152 valence electrons. The number of imide groups is 1. The van der Waals surface area contributed by atoms with Crippen LogP contribution in [-0.4, -0.2) is 36.6 Å². The van der Waals surface area contributed by atoms with Crippen LogP contribution < -0.4 is 20.2 Å². The number of carbonyl (C=O) groups is 3. The Balaban J connectivity index is 1.65. The molecule has 0 spiro atoms. The standard InChI is InChI=1S/C21H23N3O5/c1-4-14-6-5-7-17(12-14)29-13-18(25)23-24-19(26)21(2,22-20(24)27)15-8-10-16(28-3)11-9-15/h5-12H,4,13H2,1-3H3,(H,22,27)(H,23,25)/t21-/m1/s1. The summed E-state index contributed by atoms with van der Waals surface area (Å²) < 4.78 is 10.6. The summed E-state index contributed by atoms with van der Waals surface area (Å²) in [5.74, 6) is -0.0354. The second kappa shape index (κ2) is 8.22. The summed E-state index contributed by atoms with van der Waals surface area (Å²) in [4.78, 5) is 37.4. The Morgan fingerprint density at radius 3 is 2.52 bits per heavy atom. The second-order valence-electron chi connectivity index (χ2n) is 6.75. The Labute approximate surface area is 168 Å². The first-order valence-corrected chi connectivity index (χ1v) is 9.20. The van der Waals surface area contributed by atoms with Crippen LogP contribution >= 0.6 is 0 Å². The number of hydrogen-bond acceptors (Lipinski definition) is 5. The minimum atomic E-state index is -1.30. The quantitative estimate of drug-likeness (QED) is 0.698. The number of benzene rings is 2. The SMILES string of the molecule is CCc1cccc(OCC(=O)NN2C(=O)N[C@](C)(c3ccc(OC)cc3)C2=O)c1. The van der Waals surface area contributed by atoms with Gasteiger partial charge in [-0.1, -0.05) is 31.2 Å². The number of amides is 4. The smallest absolute Gasteiger partial charge is 0.344 e. The summed E-state index contributed by atoms with van der Waals surface area (Å²) in [5.41, 5.74) is 2.66. The lowest BCUT2D eigenvalue weighted by atomic mass is 9.92. The van der Waals surface area contributed by atoms with Crippen molar-refractivity contribution in [1.82, 2.24) is 15.8 Å². The van der Waals surface area contributed by atoms with Gasteiger partial charge in [-0.3, -0.25) is 15.0 Å². The fraction of sp³-hybridized carbons (Fsp3) is 0.286. The van der Waals surface area contributed by atoms with Crippen LogP contribution in [0.1, 0.15) is 25.0 Å². The molecule has 1 heterocycles. The third-order valence-corrected chi connectivity index (χ3v) is 4.77. The van der Waals surface area contributed by atoms with E-state index in [1.165, 1.54) is 7.11 Å². The average molecular weight is 397 g/mol. The van der Waals surface area contributed by atoms with E-state index >= 15 is 0 Å². The number of ether oxygens (including phenoxy) is 2. The molecule has 1 fully saturated rings. The summed E-state index contributed by atoms with van der Waals surface area (Å²) in [7, 11) is 1.54. The largest absolute Gasteiger partial charge is 0.497 e. The summed E-state index contributed by atoms with van der Waals surface area (Å²) in [6.45, 7) is 3.26. The molecule has 0 unspecified atom stereocenters. The van der Waals surface area contributed by atoms with Gasteiger partial charge in [-0.05, 0) is 48.7 Å². The Hall–Kier alpha value is -3.55. The Morgan fingerprint density at radius 2 is 1.86 bits per heavy atom. The molecule has 3 rings (SSSR count). The molecule has 2 N–H and O–H groups in total. The van der Waals surface area contributed by atoms with Crippen LogP contribution in [0.3, 0.4) is 0 Å².